The molecule has 1 aromatic rings. The molecule has 1 atom stereocenters. The van der Waals surface area contributed by atoms with Gasteiger partial charge in [0.05, 0.1) is 0 Å². The minimum atomic E-state index is -1.16. The molecule has 15 heavy (non-hydrogen) atoms. The number of benzene rings is 1. The van der Waals surface area contributed by atoms with Crippen molar-refractivity contribution in [1.29, 1.82) is 0 Å². The zero-order valence-corrected chi connectivity index (χ0v) is 9.89. The maximum Gasteiger partial charge on any atom is 0.254 e. The van der Waals surface area contributed by atoms with Crippen LogP contribution in [0.1, 0.15) is 10.4 Å². The third-order valence-electron chi connectivity index (χ3n) is 1.68. The van der Waals surface area contributed by atoms with Crippen molar-refractivity contribution in [2.45, 2.75) is 6.17 Å². The van der Waals surface area contributed by atoms with Crippen molar-refractivity contribution in [2.75, 3.05) is 0 Å². The molecule has 5 N–H and O–H groups in total. The molecule has 1 aromatic carbocycles. The first-order chi connectivity index (χ1) is 7.00. The van der Waals surface area contributed by atoms with Gasteiger partial charge in [0.2, 0.25) is 0 Å². The molecule has 0 aliphatic heterocycles. The SMILES string of the molecule is NC(=O)C(N)NC(=O)c1cccc([125I])c1. The van der Waals surface area contributed by atoms with Crippen LogP contribution in [-0.2, 0) is 4.79 Å². The predicted octanol–water partition coefficient (Wildman–Crippen LogP) is -0.209. The monoisotopic (exact) mass is 317 g/mol. The van der Waals surface area contributed by atoms with Gasteiger partial charge < -0.3 is 16.8 Å². The summed E-state index contributed by atoms with van der Waals surface area (Å²) in [6, 6.07) is 6.91. The molecular weight excluding hydrogens is 307 g/mol. The van der Waals surface area contributed by atoms with Gasteiger partial charge in [-0.05, 0) is 40.8 Å². The van der Waals surface area contributed by atoms with E-state index in [9.17, 15) is 9.59 Å². The van der Waals surface area contributed by atoms with E-state index in [1.807, 2.05) is 6.07 Å². The van der Waals surface area contributed by atoms with Crippen molar-refractivity contribution >= 4 is 34.4 Å². The lowest BCUT2D eigenvalue weighted by Crippen LogP contribution is -2.50. The highest BCUT2D eigenvalue weighted by Crippen LogP contribution is 2.07. The Balaban J connectivity index is 2.73. The van der Waals surface area contributed by atoms with Crippen LogP contribution >= 0.6 is 22.6 Å². The Hall–Kier alpha value is -1.15. The molecule has 0 saturated heterocycles. The van der Waals surface area contributed by atoms with Gasteiger partial charge >= 0.3 is 0 Å². The Morgan fingerprint density at radius 1 is 1.40 bits per heavy atom. The standard InChI is InChI=1S/C9H10IN3O2/c10-6-3-1-2-5(4-6)9(15)13-7(11)8(12)14/h1-4,7H,11H2,(H2,12,14)(H,13,15)/i10-2. The molecule has 0 bridgehead atoms. The number of amides is 2. The van der Waals surface area contributed by atoms with Gasteiger partial charge in [-0.15, -0.1) is 0 Å². The Labute approximate surface area is 100 Å². The molecule has 0 radical (unpaired) electrons. The van der Waals surface area contributed by atoms with E-state index in [4.69, 9.17) is 11.5 Å². The van der Waals surface area contributed by atoms with Crippen LogP contribution in [-0.4, -0.2) is 18.0 Å². The molecule has 6 heteroatoms. The minimum Gasteiger partial charge on any atom is -0.367 e. The summed E-state index contributed by atoms with van der Waals surface area (Å²) >= 11 is 2.08. The van der Waals surface area contributed by atoms with Gasteiger partial charge in [-0.1, -0.05) is 6.07 Å². The lowest BCUT2D eigenvalue weighted by molar-refractivity contribution is -0.119. The Morgan fingerprint density at radius 3 is 2.60 bits per heavy atom. The van der Waals surface area contributed by atoms with E-state index < -0.39 is 18.0 Å². The third-order valence-corrected chi connectivity index (χ3v) is 2.35. The second-order valence-corrected chi connectivity index (χ2v) is 4.11. The van der Waals surface area contributed by atoms with Crippen LogP contribution in [0, 0.1) is 3.57 Å². The number of primary amides is 1. The first kappa shape index (κ1) is 11.9. The van der Waals surface area contributed by atoms with E-state index in [0.29, 0.717) is 5.56 Å². The van der Waals surface area contributed by atoms with Crippen LogP contribution in [0.2, 0.25) is 0 Å². The summed E-state index contributed by atoms with van der Waals surface area (Å²) in [7, 11) is 0. The molecule has 0 aliphatic carbocycles. The largest absolute Gasteiger partial charge is 0.367 e. The van der Waals surface area contributed by atoms with E-state index in [1.54, 1.807) is 18.2 Å². The van der Waals surface area contributed by atoms with E-state index in [-0.39, 0.29) is 0 Å². The van der Waals surface area contributed by atoms with Crippen molar-refractivity contribution < 1.29 is 9.59 Å². The smallest absolute Gasteiger partial charge is 0.254 e. The summed E-state index contributed by atoms with van der Waals surface area (Å²) in [5.41, 5.74) is 10.6. The normalized spacial score (nSPS) is 11.9. The highest BCUT2D eigenvalue weighted by molar-refractivity contribution is 14.1. The zero-order chi connectivity index (χ0) is 11.4. The summed E-state index contributed by atoms with van der Waals surface area (Å²) < 4.78 is 0.924. The first-order valence-electron chi connectivity index (χ1n) is 4.12. The maximum absolute atomic E-state index is 11.5. The first-order valence-corrected chi connectivity index (χ1v) is 5.20. The molecule has 0 aliphatic rings. The van der Waals surface area contributed by atoms with Crippen LogP contribution in [0.5, 0.6) is 0 Å². The lowest BCUT2D eigenvalue weighted by Gasteiger charge is -2.09. The minimum absolute atomic E-state index is 0.417. The van der Waals surface area contributed by atoms with Crippen molar-refractivity contribution in [3.63, 3.8) is 0 Å². The molecule has 0 aromatic heterocycles. The molecule has 5 nitrogen and oxygen atoms in total. The molecule has 0 fully saturated rings. The van der Waals surface area contributed by atoms with Crippen molar-refractivity contribution in [2.24, 2.45) is 11.5 Å². The van der Waals surface area contributed by atoms with Gasteiger partial charge in [0.1, 0.15) is 0 Å². The van der Waals surface area contributed by atoms with E-state index >= 15 is 0 Å². The highest BCUT2D eigenvalue weighted by atomic mass is 125. The number of carbonyl (C=O) groups excluding carboxylic acids is 2. The second-order valence-electron chi connectivity index (χ2n) is 2.86. The number of hydrogen-bond donors (Lipinski definition) is 3. The zero-order valence-electron chi connectivity index (χ0n) is 7.74. The Kier molecular flexibility index (Phi) is 4.04. The lowest BCUT2D eigenvalue weighted by atomic mass is 10.2. The van der Waals surface area contributed by atoms with Crippen LogP contribution in [0.3, 0.4) is 0 Å². The van der Waals surface area contributed by atoms with Gasteiger partial charge in [-0.2, -0.15) is 0 Å². The molecular formula is C9H10IN3O2. The fraction of sp³-hybridized carbons (Fsp3) is 0.111. The molecule has 0 saturated carbocycles. The second kappa shape index (κ2) is 5.08. The molecule has 2 amide bonds. The maximum atomic E-state index is 11.5. The number of nitrogens with two attached hydrogens (primary N) is 2. The van der Waals surface area contributed by atoms with Crippen LogP contribution in [0.25, 0.3) is 0 Å². The quantitative estimate of drug-likeness (QED) is 0.531. The van der Waals surface area contributed by atoms with Gasteiger partial charge in [-0.3, -0.25) is 9.59 Å². The van der Waals surface area contributed by atoms with Gasteiger partial charge in [0, 0.05) is 9.13 Å². The number of carbonyl (C=O) groups is 2. The van der Waals surface area contributed by atoms with Crippen molar-refractivity contribution in [1.82, 2.24) is 5.32 Å². The van der Waals surface area contributed by atoms with E-state index in [0.717, 1.165) is 3.57 Å². The predicted molar refractivity (Wildman–Crippen MR) is 63.8 cm³/mol. The average Bonchev–Trinajstić information content (AvgIpc) is 2.17. The van der Waals surface area contributed by atoms with Gasteiger partial charge in [0.15, 0.2) is 6.17 Å². The summed E-state index contributed by atoms with van der Waals surface area (Å²) in [4.78, 5) is 22.1. The van der Waals surface area contributed by atoms with Crippen LogP contribution < -0.4 is 16.8 Å². The van der Waals surface area contributed by atoms with Crippen LogP contribution in [0.4, 0.5) is 0 Å². The topological polar surface area (TPSA) is 98.2 Å². The highest BCUT2D eigenvalue weighted by Gasteiger charge is 2.13. The number of nitrogens with one attached hydrogen (secondary N) is 1. The molecule has 0 heterocycles. The third kappa shape index (κ3) is 3.48. The number of rotatable bonds is 3. The average molecular weight is 317 g/mol. The van der Waals surface area contributed by atoms with E-state index in [1.165, 1.54) is 0 Å². The molecule has 80 valence electrons. The summed E-state index contributed by atoms with van der Waals surface area (Å²) in [5, 5.41) is 2.28. The summed E-state index contributed by atoms with van der Waals surface area (Å²) in [6.07, 6.45) is -1.16. The fourth-order valence-electron chi connectivity index (χ4n) is 0.925. The van der Waals surface area contributed by atoms with Gasteiger partial charge in [0.25, 0.3) is 11.8 Å². The molecule has 1 unspecified atom stereocenters. The fourth-order valence-corrected chi connectivity index (χ4v) is 1.47. The Bertz CT molecular complexity index is 395. The number of hydrogen-bond acceptors (Lipinski definition) is 3. The number of halogens is 1. The van der Waals surface area contributed by atoms with Crippen LogP contribution in [0.15, 0.2) is 24.3 Å². The van der Waals surface area contributed by atoms with Gasteiger partial charge in [-0.25, -0.2) is 0 Å². The molecule has 1 rings (SSSR count). The van der Waals surface area contributed by atoms with Crippen molar-refractivity contribution in [3.05, 3.63) is 33.4 Å². The summed E-state index contributed by atoms with van der Waals surface area (Å²) in [6.45, 7) is 0. The van der Waals surface area contributed by atoms with E-state index in [2.05, 4.69) is 27.9 Å². The van der Waals surface area contributed by atoms with Crippen molar-refractivity contribution in [3.8, 4) is 0 Å². The summed E-state index contributed by atoms with van der Waals surface area (Å²) in [5.74, 6) is -1.19. The Morgan fingerprint density at radius 2 is 2.07 bits per heavy atom. The molecule has 0 spiro atoms.